The monoisotopic (exact) mass is 430 g/mol. The van der Waals surface area contributed by atoms with Crippen molar-refractivity contribution in [3.63, 3.8) is 0 Å². The molecule has 7 heteroatoms. The summed E-state index contributed by atoms with van der Waals surface area (Å²) in [6.07, 6.45) is 0. The van der Waals surface area contributed by atoms with Crippen LogP contribution in [0.1, 0.15) is 10.4 Å². The lowest BCUT2D eigenvalue weighted by Crippen LogP contribution is -2.23. The molecule has 0 radical (unpaired) electrons. The lowest BCUT2D eigenvalue weighted by molar-refractivity contribution is -0.254. The van der Waals surface area contributed by atoms with E-state index in [9.17, 15) is 14.7 Å². The molecule has 0 N–H and O–H groups in total. The molecule has 1 aliphatic heterocycles. The number of ether oxygens (including phenoxy) is 1. The van der Waals surface area contributed by atoms with Gasteiger partial charge in [0.2, 0.25) is 5.36 Å². The summed E-state index contributed by atoms with van der Waals surface area (Å²) in [6.45, 7) is 0.307. The van der Waals surface area contributed by atoms with Gasteiger partial charge in [-0.3, -0.25) is 4.79 Å². The summed E-state index contributed by atoms with van der Waals surface area (Å²) in [4.78, 5) is 24.8. The minimum absolute atomic E-state index is 0.00887. The highest BCUT2D eigenvalue weighted by atomic mass is 16.5. The summed E-state index contributed by atoms with van der Waals surface area (Å²) in [7, 11) is 7.73. The number of carbonyl (C=O) groups is 2. The number of anilines is 1. The normalized spacial score (nSPS) is 10.9. The predicted molar refractivity (Wildman–Crippen MR) is 121 cm³/mol. The highest BCUT2D eigenvalue weighted by molar-refractivity contribution is 6.07. The third-order valence-corrected chi connectivity index (χ3v) is 5.39. The molecule has 32 heavy (non-hydrogen) atoms. The zero-order chi connectivity index (χ0) is 23.0. The molecule has 2 aliphatic rings. The Kier molecular flexibility index (Phi) is 5.40. The minimum Gasteiger partial charge on any atom is -0.545 e. The molecule has 4 rings (SSSR count). The summed E-state index contributed by atoms with van der Waals surface area (Å²) in [5, 5.41) is 13.6. The molecule has 0 saturated heterocycles. The summed E-state index contributed by atoms with van der Waals surface area (Å²) >= 11 is 0. The van der Waals surface area contributed by atoms with Crippen LogP contribution >= 0.6 is 0 Å². The Morgan fingerprint density at radius 2 is 1.81 bits per heavy atom. The lowest BCUT2D eigenvalue weighted by atomic mass is 9.90. The third kappa shape index (κ3) is 3.69. The van der Waals surface area contributed by atoms with E-state index in [0.717, 1.165) is 22.0 Å². The zero-order valence-corrected chi connectivity index (χ0v) is 18.2. The summed E-state index contributed by atoms with van der Waals surface area (Å²) < 4.78 is 13.2. The van der Waals surface area contributed by atoms with E-state index in [2.05, 4.69) is 0 Å². The van der Waals surface area contributed by atoms with Crippen molar-refractivity contribution in [2.75, 3.05) is 33.1 Å². The summed E-state index contributed by atoms with van der Waals surface area (Å²) in [6, 6.07) is 15.8. The fourth-order valence-corrected chi connectivity index (χ4v) is 3.75. The van der Waals surface area contributed by atoms with Gasteiger partial charge in [-0.1, -0.05) is 0 Å². The second-order valence-electron chi connectivity index (χ2n) is 7.84. The lowest BCUT2D eigenvalue weighted by Gasteiger charge is -2.20. The van der Waals surface area contributed by atoms with Gasteiger partial charge in [0.25, 0.3) is 6.47 Å². The Morgan fingerprint density at radius 1 is 1.03 bits per heavy atom. The maximum absolute atomic E-state index is 12.0. The van der Waals surface area contributed by atoms with Crippen LogP contribution in [-0.4, -0.2) is 40.6 Å². The molecule has 0 unspecified atom stereocenters. The molecule has 0 saturated carbocycles. The molecule has 1 heterocycles. The maximum atomic E-state index is 12.0. The second kappa shape index (κ2) is 8.19. The molecule has 0 amide bonds. The van der Waals surface area contributed by atoms with Crippen molar-refractivity contribution in [1.82, 2.24) is 4.58 Å². The molecule has 1 aliphatic carbocycles. The number of benzene rings is 3. The van der Waals surface area contributed by atoms with E-state index < -0.39 is 5.97 Å². The van der Waals surface area contributed by atoms with Crippen molar-refractivity contribution in [1.29, 1.82) is 0 Å². The van der Waals surface area contributed by atoms with Crippen molar-refractivity contribution in [2.45, 2.75) is 0 Å². The van der Waals surface area contributed by atoms with Gasteiger partial charge in [0.15, 0.2) is 0 Å². The van der Waals surface area contributed by atoms with E-state index in [4.69, 9.17) is 9.15 Å². The van der Waals surface area contributed by atoms with Crippen LogP contribution in [0.4, 0.5) is 5.69 Å². The molecule has 2 aromatic rings. The van der Waals surface area contributed by atoms with Crippen LogP contribution in [0.25, 0.3) is 33.4 Å². The van der Waals surface area contributed by atoms with Gasteiger partial charge >= 0.3 is 0 Å². The molecule has 7 nitrogen and oxygen atoms in total. The molecular weight excluding hydrogens is 408 g/mol. The first-order chi connectivity index (χ1) is 15.3. The molecule has 162 valence electrons. The topological polar surface area (TPSA) is 85.8 Å². The van der Waals surface area contributed by atoms with Crippen molar-refractivity contribution < 1.29 is 23.8 Å². The molecule has 0 spiro atoms. The molecular formula is C25H22N2O5. The smallest absolute Gasteiger partial charge is 0.298 e. The van der Waals surface area contributed by atoms with Crippen LogP contribution in [0.2, 0.25) is 0 Å². The van der Waals surface area contributed by atoms with Crippen molar-refractivity contribution >= 4 is 29.1 Å². The Morgan fingerprint density at radius 3 is 2.47 bits per heavy atom. The molecule has 0 fully saturated rings. The van der Waals surface area contributed by atoms with Gasteiger partial charge in [-0.2, -0.15) is 0 Å². The van der Waals surface area contributed by atoms with Crippen LogP contribution in [0.3, 0.4) is 0 Å². The van der Waals surface area contributed by atoms with Gasteiger partial charge in [-0.15, -0.1) is 0 Å². The quantitative estimate of drug-likeness (QED) is 0.274. The summed E-state index contributed by atoms with van der Waals surface area (Å²) in [5.74, 6) is -0.493. The SMILES string of the molecule is CN(C)c1ccc2c(-c3cc(OC=O)ccc3C(=O)[O-])c3ccc(=[N+](C)C)cc-3oc2c1. The fourth-order valence-electron chi connectivity index (χ4n) is 3.75. The minimum atomic E-state index is -1.32. The standard InChI is InChI=1S/C25H22N2O5/c1-26(2)15-5-8-19-22(11-15)32-23-12-16(27(3)4)6-9-20(23)24(19)21-13-17(31-14-28)7-10-18(21)25(29)30/h5-14H,1-4H3. The fraction of sp³-hybridized carbons (Fsp3) is 0.160. The zero-order valence-electron chi connectivity index (χ0n) is 18.2. The van der Waals surface area contributed by atoms with Crippen LogP contribution in [0.15, 0.2) is 59.0 Å². The highest BCUT2D eigenvalue weighted by Crippen LogP contribution is 2.42. The molecule has 2 aromatic carbocycles. The number of carboxylic acids is 1. The Bertz CT molecular complexity index is 1400. The summed E-state index contributed by atoms with van der Waals surface area (Å²) in [5.41, 5.74) is 3.30. The van der Waals surface area contributed by atoms with Crippen LogP contribution in [0, 0.1) is 0 Å². The van der Waals surface area contributed by atoms with Crippen molar-refractivity contribution in [2.24, 2.45) is 0 Å². The Hall–Kier alpha value is -4.13. The van der Waals surface area contributed by atoms with E-state index in [1.165, 1.54) is 18.2 Å². The maximum Gasteiger partial charge on any atom is 0.298 e. The Labute approximate surface area is 184 Å². The van der Waals surface area contributed by atoms with E-state index in [0.29, 0.717) is 28.9 Å². The van der Waals surface area contributed by atoms with E-state index in [1.54, 1.807) is 0 Å². The van der Waals surface area contributed by atoms with Gasteiger partial charge in [0.1, 0.15) is 31.2 Å². The number of nitrogens with zero attached hydrogens (tertiary/aromatic N) is 2. The average molecular weight is 430 g/mol. The highest BCUT2D eigenvalue weighted by Gasteiger charge is 2.21. The van der Waals surface area contributed by atoms with Gasteiger partial charge < -0.3 is 24.0 Å². The number of hydrogen-bond donors (Lipinski definition) is 0. The number of rotatable bonds is 5. The molecule has 0 aromatic heterocycles. The molecule has 0 atom stereocenters. The largest absolute Gasteiger partial charge is 0.545 e. The van der Waals surface area contributed by atoms with Crippen LogP contribution < -0.4 is 24.7 Å². The third-order valence-electron chi connectivity index (χ3n) is 5.39. The number of carbonyl (C=O) groups excluding carboxylic acids is 2. The van der Waals surface area contributed by atoms with Gasteiger partial charge in [0.05, 0.1) is 12.0 Å². The molecule has 0 bridgehead atoms. The van der Waals surface area contributed by atoms with Crippen LogP contribution in [-0.2, 0) is 4.79 Å². The number of fused-ring (bicyclic) bond motifs is 2. The first-order valence-corrected chi connectivity index (χ1v) is 9.94. The first-order valence-electron chi connectivity index (χ1n) is 9.94. The van der Waals surface area contributed by atoms with Crippen LogP contribution in [0.5, 0.6) is 5.75 Å². The van der Waals surface area contributed by atoms with E-state index >= 15 is 0 Å². The number of carboxylic acid groups (broad SMARTS) is 1. The predicted octanol–water partition coefficient (Wildman–Crippen LogP) is 2.20. The first kappa shape index (κ1) is 21.1. The van der Waals surface area contributed by atoms with Gasteiger partial charge in [-0.25, -0.2) is 4.58 Å². The van der Waals surface area contributed by atoms with Crippen molar-refractivity contribution in [3.8, 4) is 28.2 Å². The van der Waals surface area contributed by atoms with Gasteiger partial charge in [0, 0.05) is 54.0 Å². The Balaban J connectivity index is 2.18. The van der Waals surface area contributed by atoms with E-state index in [-0.39, 0.29) is 11.3 Å². The van der Waals surface area contributed by atoms with E-state index in [1.807, 2.05) is 74.1 Å². The second-order valence-corrected chi connectivity index (χ2v) is 7.84. The number of hydrogen-bond acceptors (Lipinski definition) is 6. The number of aromatic carboxylic acids is 1. The van der Waals surface area contributed by atoms with Crippen molar-refractivity contribution in [3.05, 3.63) is 65.5 Å². The van der Waals surface area contributed by atoms with Gasteiger partial charge in [-0.05, 0) is 42.0 Å². The average Bonchev–Trinajstić information content (AvgIpc) is 2.76.